The van der Waals surface area contributed by atoms with Gasteiger partial charge in [0.25, 0.3) is 0 Å². The fraction of sp³-hybridized carbons (Fsp3) is 0.118. The van der Waals surface area contributed by atoms with Gasteiger partial charge in [0.05, 0.1) is 16.0 Å². The van der Waals surface area contributed by atoms with E-state index in [0.717, 1.165) is 14.6 Å². The summed E-state index contributed by atoms with van der Waals surface area (Å²) in [6.07, 6.45) is 0. The van der Waals surface area contributed by atoms with Crippen LogP contribution in [0.4, 0.5) is 10.1 Å². The number of fused-ring (bicyclic) bond motifs is 1. The number of ketones is 1. The molecule has 1 aromatic heterocycles. The Hall–Kier alpha value is -1.96. The highest BCUT2D eigenvalue weighted by molar-refractivity contribution is 8.01. The molecule has 25 heavy (non-hydrogen) atoms. The molecule has 1 heterocycles. The number of carbonyl (C=O) groups excluding carboxylic acids is 2. The van der Waals surface area contributed by atoms with E-state index in [2.05, 4.69) is 10.3 Å². The van der Waals surface area contributed by atoms with Crippen LogP contribution in [0.1, 0.15) is 10.4 Å². The van der Waals surface area contributed by atoms with Gasteiger partial charge >= 0.3 is 0 Å². The molecule has 0 aliphatic heterocycles. The standard InChI is InChI=1S/C17H12ClFN2O2S2/c18-8-16(23)20-12-5-6-13-15(7-12)25-17(21-13)24-9-14(22)10-1-3-11(19)4-2-10/h1-7H,8-9H2,(H,20,23). The molecule has 0 radical (unpaired) electrons. The first-order chi connectivity index (χ1) is 12.0. The third kappa shape index (κ3) is 4.56. The lowest BCUT2D eigenvalue weighted by Crippen LogP contribution is -2.12. The average Bonchev–Trinajstić information content (AvgIpc) is 3.02. The Morgan fingerprint density at radius 1 is 1.20 bits per heavy atom. The van der Waals surface area contributed by atoms with Gasteiger partial charge in [-0.05, 0) is 42.5 Å². The predicted molar refractivity (Wildman–Crippen MR) is 100 cm³/mol. The lowest BCUT2D eigenvalue weighted by Gasteiger charge is -2.01. The zero-order valence-corrected chi connectivity index (χ0v) is 15.2. The van der Waals surface area contributed by atoms with Gasteiger partial charge in [0.2, 0.25) is 5.91 Å². The maximum absolute atomic E-state index is 12.9. The summed E-state index contributed by atoms with van der Waals surface area (Å²) in [4.78, 5) is 27.9. The molecule has 8 heteroatoms. The van der Waals surface area contributed by atoms with Crippen LogP contribution in [0, 0.1) is 5.82 Å². The van der Waals surface area contributed by atoms with E-state index in [-0.39, 0.29) is 29.1 Å². The van der Waals surface area contributed by atoms with Crippen molar-refractivity contribution in [2.75, 3.05) is 16.9 Å². The first kappa shape index (κ1) is 17.8. The van der Waals surface area contributed by atoms with E-state index in [1.807, 2.05) is 12.1 Å². The van der Waals surface area contributed by atoms with E-state index in [0.29, 0.717) is 11.3 Å². The molecule has 128 valence electrons. The Labute approximate surface area is 156 Å². The smallest absolute Gasteiger partial charge is 0.239 e. The van der Waals surface area contributed by atoms with Crippen LogP contribution in [0.3, 0.4) is 0 Å². The number of carbonyl (C=O) groups is 2. The first-order valence-corrected chi connectivity index (χ1v) is 9.57. The van der Waals surface area contributed by atoms with Crippen LogP contribution in [0.2, 0.25) is 0 Å². The number of Topliss-reactive ketones (excluding diaryl/α,β-unsaturated/α-hetero) is 1. The van der Waals surface area contributed by atoms with E-state index in [4.69, 9.17) is 11.6 Å². The number of anilines is 1. The molecule has 2 aromatic carbocycles. The van der Waals surface area contributed by atoms with Crippen LogP contribution in [-0.2, 0) is 4.79 Å². The highest BCUT2D eigenvalue weighted by Gasteiger charge is 2.11. The second-order valence-electron chi connectivity index (χ2n) is 5.06. The number of hydrogen-bond acceptors (Lipinski definition) is 5. The molecule has 1 amide bonds. The number of nitrogens with one attached hydrogen (secondary N) is 1. The van der Waals surface area contributed by atoms with Gasteiger partial charge in [-0.1, -0.05) is 11.8 Å². The first-order valence-electron chi connectivity index (χ1n) is 7.23. The number of benzene rings is 2. The summed E-state index contributed by atoms with van der Waals surface area (Å²) in [5, 5.41) is 2.69. The third-order valence-electron chi connectivity index (χ3n) is 3.27. The van der Waals surface area contributed by atoms with Crippen molar-refractivity contribution in [3.05, 3.63) is 53.8 Å². The molecule has 1 N–H and O–H groups in total. The maximum Gasteiger partial charge on any atom is 0.239 e. The summed E-state index contributed by atoms with van der Waals surface area (Å²) in [7, 11) is 0. The monoisotopic (exact) mass is 394 g/mol. The second kappa shape index (κ2) is 7.95. The number of hydrogen-bond donors (Lipinski definition) is 1. The fourth-order valence-corrected chi connectivity index (χ4v) is 4.15. The largest absolute Gasteiger partial charge is 0.325 e. The normalized spacial score (nSPS) is 10.8. The molecule has 0 aliphatic carbocycles. The Balaban J connectivity index is 1.68. The number of thioether (sulfide) groups is 1. The number of alkyl halides is 1. The number of thiazole rings is 1. The molecular weight excluding hydrogens is 383 g/mol. The Morgan fingerprint density at radius 2 is 1.96 bits per heavy atom. The molecular formula is C17H12ClFN2O2S2. The molecule has 0 spiro atoms. The minimum atomic E-state index is -0.368. The fourth-order valence-electron chi connectivity index (χ4n) is 2.08. The second-order valence-corrected chi connectivity index (χ2v) is 7.58. The summed E-state index contributed by atoms with van der Waals surface area (Å²) in [6.45, 7) is 0. The summed E-state index contributed by atoms with van der Waals surface area (Å²) in [6, 6.07) is 10.9. The molecule has 0 fully saturated rings. The number of halogens is 2. The van der Waals surface area contributed by atoms with Crippen molar-refractivity contribution in [2.24, 2.45) is 0 Å². The van der Waals surface area contributed by atoms with E-state index in [9.17, 15) is 14.0 Å². The molecule has 0 aliphatic rings. The zero-order chi connectivity index (χ0) is 17.8. The quantitative estimate of drug-likeness (QED) is 0.377. The van der Waals surface area contributed by atoms with Crippen molar-refractivity contribution in [1.29, 1.82) is 0 Å². The number of amides is 1. The average molecular weight is 395 g/mol. The minimum absolute atomic E-state index is 0.0840. The van der Waals surface area contributed by atoms with Crippen molar-refractivity contribution in [3.63, 3.8) is 0 Å². The summed E-state index contributed by atoms with van der Waals surface area (Å²) < 4.78 is 14.6. The van der Waals surface area contributed by atoms with Gasteiger partial charge < -0.3 is 5.32 Å². The van der Waals surface area contributed by atoms with E-state index in [1.165, 1.54) is 47.4 Å². The highest BCUT2D eigenvalue weighted by atomic mass is 35.5. The Kier molecular flexibility index (Phi) is 5.67. The van der Waals surface area contributed by atoms with Gasteiger partial charge in [0, 0.05) is 11.3 Å². The Bertz CT molecular complexity index is 928. The zero-order valence-electron chi connectivity index (χ0n) is 12.8. The summed E-state index contributed by atoms with van der Waals surface area (Å²) in [5.41, 5.74) is 1.92. The Morgan fingerprint density at radius 3 is 2.68 bits per heavy atom. The van der Waals surface area contributed by atoms with Gasteiger partial charge in [-0.3, -0.25) is 9.59 Å². The number of nitrogens with zero attached hydrogens (tertiary/aromatic N) is 1. The predicted octanol–water partition coefficient (Wildman–Crippen LogP) is 4.59. The minimum Gasteiger partial charge on any atom is -0.325 e. The maximum atomic E-state index is 12.9. The van der Waals surface area contributed by atoms with Crippen molar-refractivity contribution in [3.8, 4) is 0 Å². The van der Waals surface area contributed by atoms with Gasteiger partial charge in [0.15, 0.2) is 10.1 Å². The van der Waals surface area contributed by atoms with Crippen LogP contribution >= 0.6 is 34.7 Å². The lowest BCUT2D eigenvalue weighted by molar-refractivity contribution is -0.113. The molecule has 0 saturated heterocycles. The van der Waals surface area contributed by atoms with Crippen molar-refractivity contribution in [1.82, 2.24) is 4.98 Å². The molecule has 4 nitrogen and oxygen atoms in total. The van der Waals surface area contributed by atoms with Crippen LogP contribution < -0.4 is 5.32 Å². The highest BCUT2D eigenvalue weighted by Crippen LogP contribution is 2.31. The van der Waals surface area contributed by atoms with Crippen LogP contribution in [0.15, 0.2) is 46.8 Å². The molecule has 0 atom stereocenters. The van der Waals surface area contributed by atoms with E-state index in [1.54, 1.807) is 6.07 Å². The number of rotatable bonds is 6. The van der Waals surface area contributed by atoms with Crippen molar-refractivity contribution in [2.45, 2.75) is 4.34 Å². The van der Waals surface area contributed by atoms with E-state index >= 15 is 0 Å². The SMILES string of the molecule is O=C(CCl)Nc1ccc2nc(SCC(=O)c3ccc(F)cc3)sc2c1. The molecule has 0 bridgehead atoms. The van der Waals surface area contributed by atoms with E-state index < -0.39 is 0 Å². The van der Waals surface area contributed by atoms with Gasteiger partial charge in [-0.25, -0.2) is 9.37 Å². The van der Waals surface area contributed by atoms with Crippen molar-refractivity contribution >= 4 is 62.3 Å². The summed E-state index contributed by atoms with van der Waals surface area (Å²) >= 11 is 8.25. The lowest BCUT2D eigenvalue weighted by atomic mass is 10.1. The molecule has 3 aromatic rings. The van der Waals surface area contributed by atoms with Crippen LogP contribution in [0.5, 0.6) is 0 Å². The van der Waals surface area contributed by atoms with Crippen LogP contribution in [0.25, 0.3) is 10.2 Å². The van der Waals surface area contributed by atoms with Crippen LogP contribution in [-0.4, -0.2) is 28.3 Å². The molecule has 0 saturated carbocycles. The third-order valence-corrected chi connectivity index (χ3v) is 5.67. The number of aromatic nitrogens is 1. The topological polar surface area (TPSA) is 59.1 Å². The van der Waals surface area contributed by atoms with Gasteiger partial charge in [-0.15, -0.1) is 22.9 Å². The molecule has 3 rings (SSSR count). The van der Waals surface area contributed by atoms with Crippen molar-refractivity contribution < 1.29 is 14.0 Å². The van der Waals surface area contributed by atoms with Gasteiger partial charge in [-0.2, -0.15) is 0 Å². The molecule has 0 unspecified atom stereocenters. The summed E-state index contributed by atoms with van der Waals surface area (Å²) in [5.74, 6) is -0.606. The van der Waals surface area contributed by atoms with Gasteiger partial charge in [0.1, 0.15) is 11.7 Å².